The zero-order valence-electron chi connectivity index (χ0n) is 12.9. The lowest BCUT2D eigenvalue weighted by Gasteiger charge is -2.23. The highest BCUT2D eigenvalue weighted by molar-refractivity contribution is 5.54. The summed E-state index contributed by atoms with van der Waals surface area (Å²) < 4.78 is 22.2. The molecule has 118 valence electrons. The molecule has 1 aliphatic rings. The predicted molar refractivity (Wildman–Crippen MR) is 81.3 cm³/mol. The standard InChI is InChI=1S/C16H25NO4/c1-18-14-9-13(3-6-17)10-15(19-2)16(14)21-11-12-4-7-20-8-5-12/h9-10,12H,3-8,11,17H2,1-2H3. The summed E-state index contributed by atoms with van der Waals surface area (Å²) in [6, 6.07) is 3.93. The van der Waals surface area contributed by atoms with Crippen LogP contribution in [0, 0.1) is 5.92 Å². The lowest BCUT2D eigenvalue weighted by molar-refractivity contribution is 0.0489. The van der Waals surface area contributed by atoms with Crippen LogP contribution >= 0.6 is 0 Å². The monoisotopic (exact) mass is 295 g/mol. The number of methoxy groups -OCH3 is 2. The van der Waals surface area contributed by atoms with Crippen molar-refractivity contribution in [2.24, 2.45) is 11.7 Å². The molecule has 1 aromatic carbocycles. The molecule has 0 saturated carbocycles. The molecule has 0 radical (unpaired) electrons. The first-order valence-electron chi connectivity index (χ1n) is 7.44. The highest BCUT2D eigenvalue weighted by Crippen LogP contribution is 2.39. The van der Waals surface area contributed by atoms with Gasteiger partial charge in [-0.05, 0) is 49.4 Å². The summed E-state index contributed by atoms with van der Waals surface area (Å²) in [7, 11) is 3.28. The van der Waals surface area contributed by atoms with E-state index in [4.69, 9.17) is 24.7 Å². The van der Waals surface area contributed by atoms with Crippen LogP contribution in [0.1, 0.15) is 18.4 Å². The Labute approximate surface area is 126 Å². The van der Waals surface area contributed by atoms with E-state index in [0.717, 1.165) is 38.0 Å². The summed E-state index contributed by atoms with van der Waals surface area (Å²) in [6.45, 7) is 2.89. The molecular weight excluding hydrogens is 270 g/mol. The molecule has 0 aliphatic carbocycles. The van der Waals surface area contributed by atoms with Gasteiger partial charge < -0.3 is 24.7 Å². The molecule has 1 aromatic rings. The molecule has 1 fully saturated rings. The van der Waals surface area contributed by atoms with Gasteiger partial charge in [0.05, 0.1) is 20.8 Å². The zero-order chi connectivity index (χ0) is 15.1. The maximum Gasteiger partial charge on any atom is 0.203 e. The Bertz CT molecular complexity index is 419. The first kappa shape index (κ1) is 15.9. The van der Waals surface area contributed by atoms with Crippen LogP contribution in [0.4, 0.5) is 0 Å². The molecule has 0 amide bonds. The second-order valence-corrected chi connectivity index (χ2v) is 5.23. The van der Waals surface area contributed by atoms with Crippen molar-refractivity contribution in [2.75, 3.05) is 40.6 Å². The van der Waals surface area contributed by atoms with Crippen molar-refractivity contribution in [1.29, 1.82) is 0 Å². The number of rotatable bonds is 7. The van der Waals surface area contributed by atoms with Crippen molar-refractivity contribution in [3.63, 3.8) is 0 Å². The van der Waals surface area contributed by atoms with Gasteiger partial charge in [-0.2, -0.15) is 0 Å². The Hall–Kier alpha value is -1.46. The quantitative estimate of drug-likeness (QED) is 0.833. The Morgan fingerprint density at radius 1 is 1.14 bits per heavy atom. The third kappa shape index (κ3) is 4.25. The third-order valence-electron chi connectivity index (χ3n) is 3.76. The van der Waals surface area contributed by atoms with Gasteiger partial charge in [0, 0.05) is 13.2 Å². The molecule has 0 unspecified atom stereocenters. The summed E-state index contributed by atoms with van der Waals surface area (Å²) in [4.78, 5) is 0. The van der Waals surface area contributed by atoms with E-state index < -0.39 is 0 Å². The summed E-state index contributed by atoms with van der Waals surface area (Å²) in [5.41, 5.74) is 6.70. The van der Waals surface area contributed by atoms with Crippen LogP contribution in [0.3, 0.4) is 0 Å². The second-order valence-electron chi connectivity index (χ2n) is 5.23. The van der Waals surface area contributed by atoms with Crippen LogP contribution in [0.15, 0.2) is 12.1 Å². The lowest BCUT2D eigenvalue weighted by atomic mass is 10.0. The van der Waals surface area contributed by atoms with E-state index in [9.17, 15) is 0 Å². The average molecular weight is 295 g/mol. The minimum atomic E-state index is 0.525. The largest absolute Gasteiger partial charge is 0.493 e. The summed E-state index contributed by atoms with van der Waals surface area (Å²) in [5, 5.41) is 0. The van der Waals surface area contributed by atoms with Gasteiger partial charge in [0.25, 0.3) is 0 Å². The molecule has 0 bridgehead atoms. The number of hydrogen-bond acceptors (Lipinski definition) is 5. The topological polar surface area (TPSA) is 62.9 Å². The molecule has 0 aromatic heterocycles. The van der Waals surface area contributed by atoms with Gasteiger partial charge in [0.1, 0.15) is 0 Å². The fraction of sp³-hybridized carbons (Fsp3) is 0.625. The summed E-state index contributed by atoms with van der Waals surface area (Å²) in [6.07, 6.45) is 2.86. The van der Waals surface area contributed by atoms with Gasteiger partial charge in [-0.3, -0.25) is 0 Å². The van der Waals surface area contributed by atoms with E-state index >= 15 is 0 Å². The van der Waals surface area contributed by atoms with Crippen molar-refractivity contribution in [1.82, 2.24) is 0 Å². The molecule has 5 nitrogen and oxygen atoms in total. The molecular formula is C16H25NO4. The molecule has 1 aliphatic heterocycles. The van der Waals surface area contributed by atoms with Gasteiger partial charge in [0.15, 0.2) is 11.5 Å². The van der Waals surface area contributed by atoms with Crippen molar-refractivity contribution in [3.8, 4) is 17.2 Å². The second kappa shape index (κ2) is 8.10. The molecule has 0 spiro atoms. The van der Waals surface area contributed by atoms with Crippen molar-refractivity contribution < 1.29 is 18.9 Å². The van der Waals surface area contributed by atoms with Crippen molar-refractivity contribution >= 4 is 0 Å². The van der Waals surface area contributed by atoms with E-state index in [2.05, 4.69) is 0 Å². The first-order chi connectivity index (χ1) is 10.3. The van der Waals surface area contributed by atoms with E-state index in [1.165, 1.54) is 0 Å². The minimum Gasteiger partial charge on any atom is -0.493 e. The van der Waals surface area contributed by atoms with Crippen molar-refractivity contribution in [3.05, 3.63) is 17.7 Å². The maximum atomic E-state index is 5.99. The predicted octanol–water partition coefficient (Wildman–Crippen LogP) is 2.01. The third-order valence-corrected chi connectivity index (χ3v) is 3.76. The van der Waals surface area contributed by atoms with Crippen LogP contribution in [0.5, 0.6) is 17.2 Å². The summed E-state index contributed by atoms with van der Waals surface area (Å²) >= 11 is 0. The number of nitrogens with two attached hydrogens (primary N) is 1. The molecule has 21 heavy (non-hydrogen) atoms. The van der Waals surface area contributed by atoms with E-state index in [1.54, 1.807) is 14.2 Å². The number of ether oxygens (including phenoxy) is 4. The van der Waals surface area contributed by atoms with Gasteiger partial charge >= 0.3 is 0 Å². The van der Waals surface area contributed by atoms with Crippen LogP contribution in [-0.2, 0) is 11.2 Å². The normalized spacial score (nSPS) is 15.8. The molecule has 5 heteroatoms. The van der Waals surface area contributed by atoms with Crippen LogP contribution in [0.2, 0.25) is 0 Å². The van der Waals surface area contributed by atoms with Gasteiger partial charge in [0.2, 0.25) is 5.75 Å². The number of hydrogen-bond donors (Lipinski definition) is 1. The van der Waals surface area contributed by atoms with E-state index in [0.29, 0.717) is 36.3 Å². The van der Waals surface area contributed by atoms with E-state index in [-0.39, 0.29) is 0 Å². The fourth-order valence-corrected chi connectivity index (χ4v) is 2.50. The molecule has 2 N–H and O–H groups in total. The lowest BCUT2D eigenvalue weighted by Crippen LogP contribution is -2.21. The average Bonchev–Trinajstić information content (AvgIpc) is 2.54. The number of benzene rings is 1. The smallest absolute Gasteiger partial charge is 0.203 e. The molecule has 2 rings (SSSR count). The molecule has 1 saturated heterocycles. The van der Waals surface area contributed by atoms with Crippen LogP contribution < -0.4 is 19.9 Å². The Balaban J connectivity index is 2.11. The SMILES string of the molecule is COc1cc(CCN)cc(OC)c1OCC1CCOCC1. The minimum absolute atomic E-state index is 0.525. The first-order valence-corrected chi connectivity index (χ1v) is 7.44. The van der Waals surface area contributed by atoms with E-state index in [1.807, 2.05) is 12.1 Å². The fourth-order valence-electron chi connectivity index (χ4n) is 2.50. The highest BCUT2D eigenvalue weighted by atomic mass is 16.5. The van der Waals surface area contributed by atoms with Crippen LogP contribution in [-0.4, -0.2) is 40.6 Å². The van der Waals surface area contributed by atoms with Gasteiger partial charge in [-0.1, -0.05) is 0 Å². The molecule has 0 atom stereocenters. The Kier molecular flexibility index (Phi) is 6.14. The highest BCUT2D eigenvalue weighted by Gasteiger charge is 2.18. The Morgan fingerprint density at radius 3 is 2.29 bits per heavy atom. The van der Waals surface area contributed by atoms with Crippen LogP contribution in [0.25, 0.3) is 0 Å². The summed E-state index contributed by atoms with van der Waals surface area (Å²) in [5.74, 6) is 2.60. The molecule has 1 heterocycles. The van der Waals surface area contributed by atoms with Gasteiger partial charge in [-0.25, -0.2) is 0 Å². The van der Waals surface area contributed by atoms with Crippen molar-refractivity contribution in [2.45, 2.75) is 19.3 Å². The van der Waals surface area contributed by atoms with Gasteiger partial charge in [-0.15, -0.1) is 0 Å². The Morgan fingerprint density at radius 2 is 1.76 bits per heavy atom. The zero-order valence-corrected chi connectivity index (χ0v) is 12.9. The maximum absolute atomic E-state index is 5.99.